The normalized spacial score (nSPS) is 11.0. The maximum Gasteiger partial charge on any atom is 0.170 e. The largest absolute Gasteiger partial charge is 0.362 e. The van der Waals surface area contributed by atoms with Crippen molar-refractivity contribution in [1.29, 1.82) is 0 Å². The minimum Gasteiger partial charge on any atom is -0.362 e. The molecule has 2 N–H and O–H groups in total. The van der Waals surface area contributed by atoms with Gasteiger partial charge in [-0.15, -0.1) is 0 Å². The van der Waals surface area contributed by atoms with Crippen LogP contribution in [0.15, 0.2) is 60.9 Å². The first-order chi connectivity index (χ1) is 14.6. The minimum atomic E-state index is 0.605. The van der Waals surface area contributed by atoms with E-state index in [0.29, 0.717) is 11.7 Å². The third kappa shape index (κ3) is 4.86. The number of aromatic nitrogens is 4. The molecule has 2 aromatic carbocycles. The standard InChI is InChI=1S/C23H26N6S/c1-17-13-18(2)29(27-17)12-6-11-24-23(30)26-21-14-25-28(16-21)15-20-9-5-8-19-7-3-4-10-22(19)20/h3-5,7-10,13-14,16H,6,11-12,15H2,1-2H3,(H2,24,26,30). The van der Waals surface area contributed by atoms with E-state index in [1.54, 1.807) is 6.20 Å². The summed E-state index contributed by atoms with van der Waals surface area (Å²) in [5, 5.41) is 18.5. The van der Waals surface area contributed by atoms with Crippen molar-refractivity contribution in [2.75, 3.05) is 11.9 Å². The van der Waals surface area contributed by atoms with Crippen LogP contribution in [0, 0.1) is 13.8 Å². The van der Waals surface area contributed by atoms with Crippen molar-refractivity contribution in [2.45, 2.75) is 33.4 Å². The van der Waals surface area contributed by atoms with Crippen LogP contribution in [0.25, 0.3) is 10.8 Å². The molecule has 2 aromatic heterocycles. The molecule has 0 aliphatic heterocycles. The first kappa shape index (κ1) is 20.1. The molecule has 0 radical (unpaired) electrons. The SMILES string of the molecule is Cc1cc(C)n(CCCNC(=S)Nc2cnn(Cc3cccc4ccccc34)c2)n1. The average molecular weight is 419 g/mol. The summed E-state index contributed by atoms with van der Waals surface area (Å²) in [7, 11) is 0. The third-order valence-corrected chi connectivity index (χ3v) is 5.29. The molecule has 0 bridgehead atoms. The number of hydrogen-bond acceptors (Lipinski definition) is 3. The van der Waals surface area contributed by atoms with Gasteiger partial charge in [-0.25, -0.2) is 0 Å². The smallest absolute Gasteiger partial charge is 0.170 e. The van der Waals surface area contributed by atoms with Gasteiger partial charge >= 0.3 is 0 Å². The number of hydrogen-bond donors (Lipinski definition) is 2. The second kappa shape index (κ2) is 9.09. The van der Waals surface area contributed by atoms with Gasteiger partial charge in [0.05, 0.1) is 24.1 Å². The first-order valence-corrected chi connectivity index (χ1v) is 10.5. The van der Waals surface area contributed by atoms with E-state index in [2.05, 4.69) is 76.3 Å². The van der Waals surface area contributed by atoms with Crippen molar-refractivity contribution in [3.8, 4) is 0 Å². The highest BCUT2D eigenvalue weighted by Gasteiger charge is 2.05. The third-order valence-electron chi connectivity index (χ3n) is 5.04. The van der Waals surface area contributed by atoms with Gasteiger partial charge in [-0.2, -0.15) is 10.2 Å². The molecular weight excluding hydrogens is 392 g/mol. The van der Waals surface area contributed by atoms with Gasteiger partial charge < -0.3 is 10.6 Å². The maximum absolute atomic E-state index is 5.42. The number of fused-ring (bicyclic) bond motifs is 1. The highest BCUT2D eigenvalue weighted by molar-refractivity contribution is 7.80. The first-order valence-electron chi connectivity index (χ1n) is 10.1. The number of nitrogens with zero attached hydrogens (tertiary/aromatic N) is 4. The number of aryl methyl sites for hydroxylation is 3. The molecule has 7 heteroatoms. The Kier molecular flexibility index (Phi) is 6.09. The second-order valence-electron chi connectivity index (χ2n) is 7.45. The van der Waals surface area contributed by atoms with E-state index in [-0.39, 0.29) is 0 Å². The Morgan fingerprint density at radius 1 is 1.10 bits per heavy atom. The van der Waals surface area contributed by atoms with E-state index < -0.39 is 0 Å². The predicted molar refractivity (Wildman–Crippen MR) is 126 cm³/mol. The number of benzene rings is 2. The molecule has 2 heterocycles. The summed E-state index contributed by atoms with van der Waals surface area (Å²) in [6.07, 6.45) is 4.73. The van der Waals surface area contributed by atoms with Crippen LogP contribution in [-0.2, 0) is 13.1 Å². The fourth-order valence-corrected chi connectivity index (χ4v) is 3.85. The molecule has 6 nitrogen and oxygen atoms in total. The lowest BCUT2D eigenvalue weighted by Gasteiger charge is -2.09. The number of rotatable bonds is 7. The monoisotopic (exact) mass is 418 g/mol. The van der Waals surface area contributed by atoms with Crippen LogP contribution in [0.5, 0.6) is 0 Å². The summed E-state index contributed by atoms with van der Waals surface area (Å²) in [6, 6.07) is 16.9. The lowest BCUT2D eigenvalue weighted by atomic mass is 10.0. The molecule has 0 saturated carbocycles. The highest BCUT2D eigenvalue weighted by Crippen LogP contribution is 2.19. The van der Waals surface area contributed by atoms with E-state index in [9.17, 15) is 0 Å². The van der Waals surface area contributed by atoms with Crippen LogP contribution in [0.3, 0.4) is 0 Å². The maximum atomic E-state index is 5.42. The molecule has 4 aromatic rings. The van der Waals surface area contributed by atoms with E-state index in [1.165, 1.54) is 22.0 Å². The molecule has 0 spiro atoms. The molecule has 0 atom stereocenters. The molecular formula is C23H26N6S. The van der Waals surface area contributed by atoms with Crippen LogP contribution in [0.1, 0.15) is 23.4 Å². The highest BCUT2D eigenvalue weighted by atomic mass is 32.1. The predicted octanol–water partition coefficient (Wildman–Crippen LogP) is 4.27. The number of nitrogens with one attached hydrogen (secondary N) is 2. The van der Waals surface area contributed by atoms with Gasteiger partial charge in [0.2, 0.25) is 0 Å². The molecule has 0 unspecified atom stereocenters. The Hall–Kier alpha value is -3.19. The topological polar surface area (TPSA) is 59.7 Å². The van der Waals surface area contributed by atoms with Crippen LogP contribution in [0.4, 0.5) is 5.69 Å². The zero-order valence-electron chi connectivity index (χ0n) is 17.3. The van der Waals surface area contributed by atoms with Crippen molar-refractivity contribution >= 4 is 33.8 Å². The van der Waals surface area contributed by atoms with Crippen LogP contribution in [0.2, 0.25) is 0 Å². The fraction of sp³-hybridized carbons (Fsp3) is 0.261. The van der Waals surface area contributed by atoms with Gasteiger partial charge in [0.1, 0.15) is 0 Å². The molecule has 0 amide bonds. The minimum absolute atomic E-state index is 0.605. The van der Waals surface area contributed by atoms with Crippen molar-refractivity contribution in [2.24, 2.45) is 0 Å². The van der Waals surface area contributed by atoms with Crippen LogP contribution in [-0.4, -0.2) is 31.2 Å². The van der Waals surface area contributed by atoms with Crippen molar-refractivity contribution in [3.63, 3.8) is 0 Å². The zero-order valence-corrected chi connectivity index (χ0v) is 18.1. The van der Waals surface area contributed by atoms with E-state index >= 15 is 0 Å². The molecule has 0 fully saturated rings. The molecule has 0 aliphatic carbocycles. The lowest BCUT2D eigenvalue weighted by Crippen LogP contribution is -2.29. The van der Waals surface area contributed by atoms with Gasteiger partial charge in [0.25, 0.3) is 0 Å². The van der Waals surface area contributed by atoms with Crippen molar-refractivity contribution < 1.29 is 0 Å². The zero-order chi connectivity index (χ0) is 20.9. The molecule has 0 saturated heterocycles. The Morgan fingerprint density at radius 3 is 2.77 bits per heavy atom. The molecule has 154 valence electrons. The quantitative estimate of drug-likeness (QED) is 0.347. The fourth-order valence-electron chi connectivity index (χ4n) is 3.63. The van der Waals surface area contributed by atoms with Crippen molar-refractivity contribution in [3.05, 3.63) is 77.9 Å². The summed E-state index contributed by atoms with van der Waals surface area (Å²) in [4.78, 5) is 0. The molecule has 4 rings (SSSR count). The lowest BCUT2D eigenvalue weighted by molar-refractivity contribution is 0.558. The van der Waals surface area contributed by atoms with E-state index in [1.807, 2.05) is 22.5 Å². The van der Waals surface area contributed by atoms with Crippen LogP contribution < -0.4 is 10.6 Å². The second-order valence-corrected chi connectivity index (χ2v) is 7.86. The number of anilines is 1. The van der Waals surface area contributed by atoms with Gasteiger partial charge in [0, 0.05) is 25.0 Å². The summed E-state index contributed by atoms with van der Waals surface area (Å²) in [5.41, 5.74) is 4.36. The van der Waals surface area contributed by atoms with Gasteiger partial charge in [-0.3, -0.25) is 9.36 Å². The van der Waals surface area contributed by atoms with E-state index in [4.69, 9.17) is 12.2 Å². The van der Waals surface area contributed by atoms with Crippen LogP contribution >= 0.6 is 12.2 Å². The average Bonchev–Trinajstić information content (AvgIpc) is 3.30. The van der Waals surface area contributed by atoms with Gasteiger partial charge in [-0.05, 0) is 54.9 Å². The van der Waals surface area contributed by atoms with Gasteiger partial charge in [0.15, 0.2) is 5.11 Å². The summed E-state index contributed by atoms with van der Waals surface area (Å²) in [5.74, 6) is 0. The Labute approximate surface area is 181 Å². The Bertz CT molecular complexity index is 1150. The Balaban J connectivity index is 1.27. The van der Waals surface area contributed by atoms with Crippen molar-refractivity contribution in [1.82, 2.24) is 24.9 Å². The number of thiocarbonyl (C=S) groups is 1. The Morgan fingerprint density at radius 2 is 1.93 bits per heavy atom. The summed E-state index contributed by atoms with van der Waals surface area (Å²) in [6.45, 7) is 6.47. The summed E-state index contributed by atoms with van der Waals surface area (Å²) >= 11 is 5.42. The van der Waals surface area contributed by atoms with Gasteiger partial charge in [-0.1, -0.05) is 42.5 Å². The molecule has 30 heavy (non-hydrogen) atoms. The van der Waals surface area contributed by atoms with E-state index in [0.717, 1.165) is 30.9 Å². The summed E-state index contributed by atoms with van der Waals surface area (Å²) < 4.78 is 3.96. The molecule has 0 aliphatic rings.